The van der Waals surface area contributed by atoms with Crippen molar-refractivity contribution in [3.8, 4) is 0 Å². The predicted octanol–water partition coefficient (Wildman–Crippen LogP) is 2.74. The van der Waals surface area contributed by atoms with E-state index in [4.69, 9.17) is 11.5 Å². The van der Waals surface area contributed by atoms with Crippen molar-refractivity contribution >= 4 is 5.69 Å². The Kier molecular flexibility index (Phi) is 3.38. The van der Waals surface area contributed by atoms with Crippen molar-refractivity contribution in [2.45, 2.75) is 25.3 Å². The van der Waals surface area contributed by atoms with E-state index >= 15 is 0 Å². The fraction of sp³-hybridized carbons (Fsp3) is 0.286. The van der Waals surface area contributed by atoms with Crippen LogP contribution in [0.25, 0.3) is 0 Å². The lowest BCUT2D eigenvalue weighted by Crippen LogP contribution is -2.27. The van der Waals surface area contributed by atoms with Gasteiger partial charge in [-0.2, -0.15) is 0 Å². The Hall–Kier alpha value is -1.90. The molecule has 1 atom stereocenters. The van der Waals surface area contributed by atoms with Crippen LogP contribution in [0.15, 0.2) is 48.9 Å². The minimum absolute atomic E-state index is 0.330. The van der Waals surface area contributed by atoms with Gasteiger partial charge in [0, 0.05) is 17.6 Å². The lowest BCUT2D eigenvalue weighted by atomic mass is 9.94. The molecular weight excluding hydrogens is 210 g/mol. The van der Waals surface area contributed by atoms with E-state index < -0.39 is 0 Å². The molecule has 90 valence electrons. The smallest absolute Gasteiger partial charge is 0.0583 e. The zero-order valence-corrected chi connectivity index (χ0v) is 9.97. The molecule has 1 heterocycles. The molecule has 0 bridgehead atoms. The van der Waals surface area contributed by atoms with Crippen LogP contribution in [0, 0.1) is 0 Å². The normalized spacial score (nSPS) is 22.7. The standard InChI is InChI=1S/C14H19N3/c1-2-17-13(10-15)4-3-5-14(17)11-6-8-12(16)9-7-11/h2,6-10,14H,1,3-5,15-16H2/b13-10-/t14-/m1/s1. The first-order valence-electron chi connectivity index (χ1n) is 5.93. The fourth-order valence-electron chi connectivity index (χ4n) is 2.40. The van der Waals surface area contributed by atoms with Crippen LogP contribution >= 0.6 is 0 Å². The van der Waals surface area contributed by atoms with Gasteiger partial charge in [0.2, 0.25) is 0 Å². The SMILES string of the molecule is C=CN1/C(=C\N)CCC[C@@H]1c1ccc(N)cc1. The van der Waals surface area contributed by atoms with Gasteiger partial charge < -0.3 is 16.4 Å². The maximum atomic E-state index is 5.71. The van der Waals surface area contributed by atoms with E-state index in [9.17, 15) is 0 Å². The summed E-state index contributed by atoms with van der Waals surface area (Å²) < 4.78 is 0. The van der Waals surface area contributed by atoms with E-state index in [0.717, 1.165) is 30.6 Å². The van der Waals surface area contributed by atoms with Gasteiger partial charge in [-0.05, 0) is 43.2 Å². The number of anilines is 1. The van der Waals surface area contributed by atoms with E-state index in [1.165, 1.54) is 5.56 Å². The zero-order valence-electron chi connectivity index (χ0n) is 9.97. The highest BCUT2D eigenvalue weighted by molar-refractivity contribution is 5.40. The third kappa shape index (κ3) is 2.28. The van der Waals surface area contributed by atoms with Crippen LogP contribution in [0.4, 0.5) is 5.69 Å². The van der Waals surface area contributed by atoms with Gasteiger partial charge in [-0.25, -0.2) is 0 Å². The molecule has 1 saturated heterocycles. The summed E-state index contributed by atoms with van der Waals surface area (Å²) in [6, 6.07) is 8.37. The van der Waals surface area contributed by atoms with Crippen LogP contribution in [-0.4, -0.2) is 4.90 Å². The Labute approximate surface area is 102 Å². The first-order valence-corrected chi connectivity index (χ1v) is 5.93. The zero-order chi connectivity index (χ0) is 12.3. The van der Waals surface area contributed by atoms with Crippen molar-refractivity contribution in [1.82, 2.24) is 4.90 Å². The number of hydrogen-bond acceptors (Lipinski definition) is 3. The largest absolute Gasteiger partial charge is 0.403 e. The third-order valence-corrected chi connectivity index (χ3v) is 3.29. The molecular formula is C14H19N3. The van der Waals surface area contributed by atoms with Gasteiger partial charge in [-0.3, -0.25) is 0 Å². The molecule has 2 rings (SSSR count). The molecule has 0 amide bonds. The highest BCUT2D eigenvalue weighted by Crippen LogP contribution is 2.36. The minimum Gasteiger partial charge on any atom is -0.403 e. The summed E-state index contributed by atoms with van der Waals surface area (Å²) in [6.45, 7) is 3.88. The van der Waals surface area contributed by atoms with Crippen LogP contribution in [-0.2, 0) is 0 Å². The molecule has 3 heteroatoms. The highest BCUT2D eigenvalue weighted by atomic mass is 15.2. The van der Waals surface area contributed by atoms with Crippen LogP contribution in [0.5, 0.6) is 0 Å². The van der Waals surface area contributed by atoms with Crippen molar-refractivity contribution < 1.29 is 0 Å². The minimum atomic E-state index is 0.330. The van der Waals surface area contributed by atoms with Crippen molar-refractivity contribution in [3.05, 3.63) is 54.5 Å². The van der Waals surface area contributed by atoms with Crippen molar-refractivity contribution in [2.24, 2.45) is 5.73 Å². The maximum Gasteiger partial charge on any atom is 0.0583 e. The first kappa shape index (κ1) is 11.6. The summed E-state index contributed by atoms with van der Waals surface area (Å²) in [5, 5.41) is 0. The molecule has 3 nitrogen and oxygen atoms in total. The van der Waals surface area contributed by atoms with Gasteiger partial charge in [0.05, 0.1) is 6.04 Å². The molecule has 0 radical (unpaired) electrons. The third-order valence-electron chi connectivity index (χ3n) is 3.29. The number of hydrogen-bond donors (Lipinski definition) is 2. The van der Waals surface area contributed by atoms with Gasteiger partial charge in [0.25, 0.3) is 0 Å². The topological polar surface area (TPSA) is 55.3 Å². The summed E-state index contributed by atoms with van der Waals surface area (Å²) in [4.78, 5) is 2.16. The lowest BCUT2D eigenvalue weighted by molar-refractivity contribution is 0.272. The molecule has 0 unspecified atom stereocenters. The summed E-state index contributed by atoms with van der Waals surface area (Å²) in [5.74, 6) is 0. The number of nitrogen functional groups attached to an aromatic ring is 1. The number of piperidine rings is 1. The summed E-state index contributed by atoms with van der Waals surface area (Å²) in [5.41, 5.74) is 14.6. The predicted molar refractivity (Wildman–Crippen MR) is 71.8 cm³/mol. The van der Waals surface area contributed by atoms with Gasteiger partial charge in [0.1, 0.15) is 0 Å². The average molecular weight is 229 g/mol. The van der Waals surface area contributed by atoms with E-state index in [1.807, 2.05) is 18.3 Å². The van der Waals surface area contributed by atoms with E-state index in [0.29, 0.717) is 6.04 Å². The van der Waals surface area contributed by atoms with Gasteiger partial charge in [-0.1, -0.05) is 18.7 Å². The average Bonchev–Trinajstić information content (AvgIpc) is 2.38. The quantitative estimate of drug-likeness (QED) is 0.767. The Morgan fingerprint density at radius 3 is 2.59 bits per heavy atom. The number of likely N-dealkylation sites (tertiary alicyclic amines) is 1. The van der Waals surface area contributed by atoms with Crippen molar-refractivity contribution in [1.29, 1.82) is 0 Å². The number of allylic oxidation sites excluding steroid dienone is 1. The molecule has 0 aromatic heterocycles. The second kappa shape index (κ2) is 4.95. The molecule has 4 N–H and O–H groups in total. The Balaban J connectivity index is 2.29. The molecule has 1 fully saturated rings. The molecule has 0 spiro atoms. The number of nitrogens with zero attached hydrogens (tertiary/aromatic N) is 1. The Bertz CT molecular complexity index is 420. The van der Waals surface area contributed by atoms with Crippen LogP contribution in [0.2, 0.25) is 0 Å². The Morgan fingerprint density at radius 1 is 1.29 bits per heavy atom. The van der Waals surface area contributed by atoms with E-state index in [-0.39, 0.29) is 0 Å². The van der Waals surface area contributed by atoms with Gasteiger partial charge in [0.15, 0.2) is 0 Å². The molecule has 1 aromatic rings. The second-order valence-corrected chi connectivity index (χ2v) is 4.32. The monoisotopic (exact) mass is 229 g/mol. The molecule has 17 heavy (non-hydrogen) atoms. The maximum absolute atomic E-state index is 5.71. The van der Waals surface area contributed by atoms with Crippen LogP contribution < -0.4 is 11.5 Å². The number of nitrogens with two attached hydrogens (primary N) is 2. The van der Waals surface area contributed by atoms with Gasteiger partial charge in [-0.15, -0.1) is 0 Å². The van der Waals surface area contributed by atoms with Crippen molar-refractivity contribution in [3.63, 3.8) is 0 Å². The molecule has 1 aliphatic rings. The van der Waals surface area contributed by atoms with Crippen LogP contribution in [0.3, 0.4) is 0 Å². The fourth-order valence-corrected chi connectivity index (χ4v) is 2.40. The summed E-state index contributed by atoms with van der Waals surface area (Å²) >= 11 is 0. The van der Waals surface area contributed by atoms with Gasteiger partial charge >= 0.3 is 0 Å². The highest BCUT2D eigenvalue weighted by Gasteiger charge is 2.24. The molecule has 0 aliphatic carbocycles. The number of rotatable bonds is 2. The molecule has 1 aromatic carbocycles. The first-order chi connectivity index (χ1) is 8.26. The summed E-state index contributed by atoms with van der Waals surface area (Å²) in [7, 11) is 0. The lowest BCUT2D eigenvalue weighted by Gasteiger charge is -2.37. The number of benzene rings is 1. The Morgan fingerprint density at radius 2 is 2.00 bits per heavy atom. The molecule has 0 saturated carbocycles. The van der Waals surface area contributed by atoms with E-state index in [2.05, 4.69) is 23.6 Å². The van der Waals surface area contributed by atoms with Crippen molar-refractivity contribution in [2.75, 3.05) is 5.73 Å². The van der Waals surface area contributed by atoms with E-state index in [1.54, 1.807) is 6.20 Å². The summed E-state index contributed by atoms with van der Waals surface area (Å²) in [6.07, 6.45) is 6.84. The second-order valence-electron chi connectivity index (χ2n) is 4.32. The molecule has 1 aliphatic heterocycles. The van der Waals surface area contributed by atoms with Crippen LogP contribution in [0.1, 0.15) is 30.9 Å².